The van der Waals surface area contributed by atoms with E-state index in [1.807, 2.05) is 0 Å². The molecule has 0 heterocycles. The molecule has 0 spiro atoms. The van der Waals surface area contributed by atoms with Crippen molar-refractivity contribution in [1.29, 1.82) is 0 Å². The van der Waals surface area contributed by atoms with Gasteiger partial charge < -0.3 is 5.11 Å². The Morgan fingerprint density at radius 1 is 1.00 bits per heavy atom. The highest BCUT2D eigenvalue weighted by atomic mass is 32.2. The van der Waals surface area contributed by atoms with Crippen LogP contribution >= 0.6 is 0 Å². The van der Waals surface area contributed by atoms with E-state index in [1.54, 1.807) is 31.2 Å². The van der Waals surface area contributed by atoms with Crippen molar-refractivity contribution in [1.82, 2.24) is 0 Å². The summed E-state index contributed by atoms with van der Waals surface area (Å²) in [5, 5.41) is 9.71. The first-order valence-corrected chi connectivity index (χ1v) is 6.60. The van der Waals surface area contributed by atoms with E-state index in [1.165, 1.54) is 24.3 Å². The number of phenolic OH excluding ortho intramolecular Hbond substituents is 1. The summed E-state index contributed by atoms with van der Waals surface area (Å²) in [5.74, 6) is -0.214. The van der Waals surface area contributed by atoms with E-state index in [0.29, 0.717) is 0 Å². The molecule has 1 N–H and O–H groups in total. The summed E-state index contributed by atoms with van der Waals surface area (Å²) in [6.45, 7) is 1.79. The van der Waals surface area contributed by atoms with Gasteiger partial charge in [0, 0.05) is 0 Å². The number of aromatic hydroxyl groups is 1. The molecule has 17 heavy (non-hydrogen) atoms. The second-order valence-corrected chi connectivity index (χ2v) is 5.71. The topological polar surface area (TPSA) is 54.4 Å². The first kappa shape index (κ1) is 11.7. The van der Waals surface area contributed by atoms with Gasteiger partial charge in [0.25, 0.3) is 0 Å². The molecule has 0 radical (unpaired) electrons. The molecule has 2 aromatic rings. The van der Waals surface area contributed by atoms with Crippen molar-refractivity contribution >= 4 is 9.84 Å². The second kappa shape index (κ2) is 4.22. The Bertz CT molecular complexity index is 631. The minimum Gasteiger partial charge on any atom is -0.507 e. The predicted molar refractivity (Wildman–Crippen MR) is 64.7 cm³/mol. The highest BCUT2D eigenvalue weighted by Gasteiger charge is 2.20. The fraction of sp³-hybridized carbons (Fsp3) is 0.0769. The zero-order valence-electron chi connectivity index (χ0n) is 9.29. The predicted octanol–water partition coefficient (Wildman–Crippen LogP) is 2.53. The molecule has 0 bridgehead atoms. The van der Waals surface area contributed by atoms with Crippen LogP contribution in [0.2, 0.25) is 0 Å². The van der Waals surface area contributed by atoms with Crippen LogP contribution < -0.4 is 0 Å². The molecule has 2 rings (SSSR count). The molecule has 2 aromatic carbocycles. The van der Waals surface area contributed by atoms with Crippen LogP contribution in [0.15, 0.2) is 58.3 Å². The van der Waals surface area contributed by atoms with Crippen LogP contribution in [-0.4, -0.2) is 13.5 Å². The third kappa shape index (κ3) is 2.17. The number of sulfone groups is 1. The number of rotatable bonds is 2. The van der Waals surface area contributed by atoms with E-state index >= 15 is 0 Å². The summed E-state index contributed by atoms with van der Waals surface area (Å²) in [6.07, 6.45) is 0. The lowest BCUT2D eigenvalue weighted by molar-refractivity contribution is 0.458. The molecule has 0 atom stereocenters. The van der Waals surface area contributed by atoms with Gasteiger partial charge in [-0.25, -0.2) is 8.42 Å². The largest absolute Gasteiger partial charge is 0.507 e. The summed E-state index contributed by atoms with van der Waals surface area (Å²) < 4.78 is 24.4. The third-order valence-electron chi connectivity index (χ3n) is 2.46. The third-order valence-corrected chi connectivity index (χ3v) is 4.27. The molecule has 0 unspecified atom stereocenters. The van der Waals surface area contributed by atoms with Crippen molar-refractivity contribution < 1.29 is 13.5 Å². The Morgan fingerprint density at radius 3 is 2.24 bits per heavy atom. The van der Waals surface area contributed by atoms with Crippen molar-refractivity contribution in [2.45, 2.75) is 16.7 Å². The fourth-order valence-electron chi connectivity index (χ4n) is 1.58. The van der Waals surface area contributed by atoms with Gasteiger partial charge in [-0.3, -0.25) is 0 Å². The molecule has 0 aliphatic rings. The Balaban J connectivity index is 2.61. The van der Waals surface area contributed by atoms with Gasteiger partial charge in [-0.15, -0.1) is 0 Å². The van der Waals surface area contributed by atoms with Gasteiger partial charge >= 0.3 is 0 Å². The van der Waals surface area contributed by atoms with E-state index in [0.717, 1.165) is 5.56 Å². The minimum atomic E-state index is -3.64. The molecule has 3 nitrogen and oxygen atoms in total. The lowest BCUT2D eigenvalue weighted by Crippen LogP contribution is -2.02. The summed E-state index contributed by atoms with van der Waals surface area (Å²) in [4.78, 5) is 0.119. The van der Waals surface area contributed by atoms with E-state index < -0.39 is 9.84 Å². The van der Waals surface area contributed by atoms with Gasteiger partial charge in [0.1, 0.15) is 10.6 Å². The van der Waals surface area contributed by atoms with Crippen LogP contribution in [0.3, 0.4) is 0 Å². The maximum atomic E-state index is 12.2. The van der Waals surface area contributed by atoms with Crippen molar-refractivity contribution in [2.24, 2.45) is 0 Å². The molecule has 0 fully saturated rings. The van der Waals surface area contributed by atoms with Gasteiger partial charge in [-0.1, -0.05) is 24.3 Å². The molecule has 0 aliphatic carbocycles. The fourth-order valence-corrected chi connectivity index (χ4v) is 2.93. The molecule has 0 saturated carbocycles. The lowest BCUT2D eigenvalue weighted by atomic mass is 10.2. The highest BCUT2D eigenvalue weighted by Crippen LogP contribution is 2.28. The molecular formula is C13H12O3S. The molecule has 4 heteroatoms. The molecular weight excluding hydrogens is 236 g/mol. The maximum Gasteiger partial charge on any atom is 0.210 e. The summed E-state index contributed by atoms with van der Waals surface area (Å²) in [6, 6.07) is 12.6. The average Bonchev–Trinajstić information content (AvgIpc) is 2.29. The van der Waals surface area contributed by atoms with E-state index in [-0.39, 0.29) is 15.5 Å². The SMILES string of the molecule is Cc1ccc(S(=O)(=O)c2ccccc2)c(O)c1. The molecule has 88 valence electrons. The van der Waals surface area contributed by atoms with Crippen LogP contribution in [0, 0.1) is 6.92 Å². The lowest BCUT2D eigenvalue weighted by Gasteiger charge is -2.07. The van der Waals surface area contributed by atoms with Gasteiger partial charge in [0.05, 0.1) is 4.90 Å². The molecule has 0 amide bonds. The molecule has 0 saturated heterocycles. The number of benzene rings is 2. The Hall–Kier alpha value is -1.81. The van der Waals surface area contributed by atoms with Gasteiger partial charge in [0.2, 0.25) is 9.84 Å². The first-order valence-electron chi connectivity index (χ1n) is 5.11. The second-order valence-electron chi connectivity index (χ2n) is 3.79. The summed E-state index contributed by atoms with van der Waals surface area (Å²) in [7, 11) is -3.64. The summed E-state index contributed by atoms with van der Waals surface area (Å²) in [5.41, 5.74) is 0.814. The highest BCUT2D eigenvalue weighted by molar-refractivity contribution is 7.91. The normalized spacial score (nSPS) is 11.4. The molecule has 0 aliphatic heterocycles. The minimum absolute atomic E-state index is 0.0608. The molecule has 0 aromatic heterocycles. The number of hydrogen-bond acceptors (Lipinski definition) is 3. The summed E-state index contributed by atoms with van der Waals surface area (Å²) >= 11 is 0. The van der Waals surface area contributed by atoms with Gasteiger partial charge in [-0.2, -0.15) is 0 Å². The van der Waals surface area contributed by atoms with Crippen LogP contribution in [0.1, 0.15) is 5.56 Å². The van der Waals surface area contributed by atoms with Gasteiger partial charge in [-0.05, 0) is 36.8 Å². The van der Waals surface area contributed by atoms with Crippen molar-refractivity contribution in [2.75, 3.05) is 0 Å². The van der Waals surface area contributed by atoms with Crippen LogP contribution in [-0.2, 0) is 9.84 Å². The smallest absolute Gasteiger partial charge is 0.210 e. The monoisotopic (exact) mass is 248 g/mol. The van der Waals surface area contributed by atoms with E-state index in [4.69, 9.17) is 0 Å². The van der Waals surface area contributed by atoms with Crippen molar-refractivity contribution in [3.63, 3.8) is 0 Å². The first-order chi connectivity index (χ1) is 8.01. The van der Waals surface area contributed by atoms with E-state index in [9.17, 15) is 13.5 Å². The van der Waals surface area contributed by atoms with Crippen LogP contribution in [0.4, 0.5) is 0 Å². The Morgan fingerprint density at radius 2 is 1.65 bits per heavy atom. The average molecular weight is 248 g/mol. The number of aryl methyl sites for hydroxylation is 1. The zero-order chi connectivity index (χ0) is 12.5. The van der Waals surface area contributed by atoms with Crippen LogP contribution in [0.5, 0.6) is 5.75 Å². The zero-order valence-corrected chi connectivity index (χ0v) is 10.1. The van der Waals surface area contributed by atoms with E-state index in [2.05, 4.69) is 0 Å². The number of hydrogen-bond donors (Lipinski definition) is 1. The number of phenols is 1. The quantitative estimate of drug-likeness (QED) is 0.888. The van der Waals surface area contributed by atoms with Crippen molar-refractivity contribution in [3.8, 4) is 5.75 Å². The van der Waals surface area contributed by atoms with Gasteiger partial charge in [0.15, 0.2) is 0 Å². The maximum absolute atomic E-state index is 12.2. The standard InChI is InChI=1S/C13H12O3S/c1-10-7-8-13(12(14)9-10)17(15,16)11-5-3-2-4-6-11/h2-9,14H,1H3. The van der Waals surface area contributed by atoms with Crippen LogP contribution in [0.25, 0.3) is 0 Å². The Kier molecular flexibility index (Phi) is 2.90. The van der Waals surface area contributed by atoms with Crippen molar-refractivity contribution in [3.05, 3.63) is 54.1 Å². The Labute approximate surface area is 100 Å².